The van der Waals surface area contributed by atoms with E-state index in [0.717, 1.165) is 47.7 Å². The summed E-state index contributed by atoms with van der Waals surface area (Å²) in [6.07, 6.45) is 6.19. The van der Waals surface area contributed by atoms with E-state index in [9.17, 15) is 9.18 Å². The highest BCUT2D eigenvalue weighted by molar-refractivity contribution is 6.08. The van der Waals surface area contributed by atoms with Crippen LogP contribution in [0.4, 0.5) is 4.39 Å². The molecule has 6 heteroatoms. The van der Waals surface area contributed by atoms with Gasteiger partial charge in [0.1, 0.15) is 5.82 Å². The van der Waals surface area contributed by atoms with Crippen molar-refractivity contribution in [1.82, 2.24) is 15.3 Å². The largest absolute Gasteiger partial charge is 0.360 e. The second-order valence-corrected chi connectivity index (χ2v) is 9.76. The lowest BCUT2D eigenvalue weighted by atomic mass is 9.91. The van der Waals surface area contributed by atoms with E-state index in [1.54, 1.807) is 6.07 Å². The maximum Gasteiger partial charge on any atom is 0.252 e. The SMILES string of the molecule is CC.CCCCC(CNC(=O)c1cc(-c2c[nH]c3ccc(C)cc23)nc2cc(F)ccc12)CC(C)CN. The van der Waals surface area contributed by atoms with Gasteiger partial charge in [0.2, 0.25) is 0 Å². The first-order chi connectivity index (χ1) is 17.9. The first-order valence-electron chi connectivity index (χ1n) is 13.6. The van der Waals surface area contributed by atoms with Crippen molar-refractivity contribution in [3.05, 3.63) is 65.6 Å². The van der Waals surface area contributed by atoms with Gasteiger partial charge in [-0.25, -0.2) is 9.37 Å². The van der Waals surface area contributed by atoms with Gasteiger partial charge in [-0.2, -0.15) is 0 Å². The van der Waals surface area contributed by atoms with E-state index < -0.39 is 0 Å². The van der Waals surface area contributed by atoms with Gasteiger partial charge >= 0.3 is 0 Å². The normalized spacial score (nSPS) is 12.7. The molecule has 4 rings (SSSR count). The number of rotatable bonds is 10. The number of halogens is 1. The lowest BCUT2D eigenvalue weighted by Gasteiger charge is -2.21. The Bertz CT molecular complexity index is 1330. The molecule has 4 aromatic rings. The number of fused-ring (bicyclic) bond motifs is 2. The van der Waals surface area contributed by atoms with Crippen LogP contribution in [0, 0.1) is 24.6 Å². The molecule has 5 nitrogen and oxygen atoms in total. The molecule has 1 amide bonds. The number of nitrogens with two attached hydrogens (primary N) is 1. The smallest absolute Gasteiger partial charge is 0.252 e. The molecule has 2 aromatic carbocycles. The first-order valence-corrected chi connectivity index (χ1v) is 13.6. The summed E-state index contributed by atoms with van der Waals surface area (Å²) in [4.78, 5) is 21.5. The van der Waals surface area contributed by atoms with E-state index >= 15 is 0 Å². The zero-order chi connectivity index (χ0) is 26.9. The van der Waals surface area contributed by atoms with Crippen LogP contribution >= 0.6 is 0 Å². The number of aryl methyl sites for hydroxylation is 1. The van der Waals surface area contributed by atoms with Gasteiger partial charge in [-0.3, -0.25) is 4.79 Å². The summed E-state index contributed by atoms with van der Waals surface area (Å²) in [5.74, 6) is 0.247. The van der Waals surface area contributed by atoms with Crippen LogP contribution in [-0.2, 0) is 0 Å². The summed E-state index contributed by atoms with van der Waals surface area (Å²) in [5, 5.41) is 4.82. The molecule has 198 valence electrons. The summed E-state index contributed by atoms with van der Waals surface area (Å²) in [7, 11) is 0. The second kappa shape index (κ2) is 13.3. The predicted molar refractivity (Wildman–Crippen MR) is 153 cm³/mol. The highest BCUT2D eigenvalue weighted by Gasteiger charge is 2.19. The van der Waals surface area contributed by atoms with Gasteiger partial charge in [-0.05, 0) is 68.5 Å². The van der Waals surface area contributed by atoms with Crippen molar-refractivity contribution in [3.8, 4) is 11.3 Å². The maximum atomic E-state index is 14.1. The molecule has 0 aliphatic rings. The maximum absolute atomic E-state index is 14.1. The van der Waals surface area contributed by atoms with Gasteiger partial charge in [0, 0.05) is 40.7 Å². The monoisotopic (exact) mass is 504 g/mol. The highest BCUT2D eigenvalue weighted by atomic mass is 19.1. The lowest BCUT2D eigenvalue weighted by molar-refractivity contribution is 0.0945. The Morgan fingerprint density at radius 2 is 1.92 bits per heavy atom. The van der Waals surface area contributed by atoms with Gasteiger partial charge in [0.05, 0.1) is 16.8 Å². The highest BCUT2D eigenvalue weighted by Crippen LogP contribution is 2.31. The minimum absolute atomic E-state index is 0.164. The quantitative estimate of drug-likeness (QED) is 0.211. The fraction of sp³-hybridized carbons (Fsp3) is 0.419. The number of pyridine rings is 1. The minimum Gasteiger partial charge on any atom is -0.360 e. The number of unbranched alkanes of at least 4 members (excludes halogenated alkanes) is 1. The molecule has 0 fully saturated rings. The van der Waals surface area contributed by atoms with Crippen LogP contribution in [0.2, 0.25) is 0 Å². The van der Waals surface area contributed by atoms with Crippen LogP contribution in [0.5, 0.6) is 0 Å². The molecule has 0 saturated heterocycles. The van der Waals surface area contributed by atoms with E-state index in [-0.39, 0.29) is 11.7 Å². The van der Waals surface area contributed by atoms with Crippen molar-refractivity contribution in [2.45, 2.75) is 60.3 Å². The van der Waals surface area contributed by atoms with Gasteiger partial charge in [0.15, 0.2) is 0 Å². The van der Waals surface area contributed by atoms with Gasteiger partial charge in [-0.1, -0.05) is 52.2 Å². The number of nitrogens with zero attached hydrogens (tertiary/aromatic N) is 1. The molecule has 2 atom stereocenters. The Labute approximate surface area is 220 Å². The summed E-state index contributed by atoms with van der Waals surface area (Å²) >= 11 is 0. The third kappa shape index (κ3) is 6.95. The van der Waals surface area contributed by atoms with Crippen LogP contribution < -0.4 is 11.1 Å². The third-order valence-corrected chi connectivity index (χ3v) is 6.79. The number of hydrogen-bond donors (Lipinski definition) is 3. The predicted octanol–water partition coefficient (Wildman–Crippen LogP) is 7.38. The summed E-state index contributed by atoms with van der Waals surface area (Å²) in [6.45, 7) is 11.6. The van der Waals surface area contributed by atoms with Gasteiger partial charge < -0.3 is 16.0 Å². The number of carbonyl (C=O) groups excluding carboxylic acids is 1. The second-order valence-electron chi connectivity index (χ2n) is 9.76. The topological polar surface area (TPSA) is 83.8 Å². The summed E-state index contributed by atoms with van der Waals surface area (Å²) in [5.41, 5.74) is 10.5. The van der Waals surface area contributed by atoms with Gasteiger partial charge in [-0.15, -0.1) is 0 Å². The van der Waals surface area contributed by atoms with Gasteiger partial charge in [0.25, 0.3) is 5.91 Å². The average molecular weight is 505 g/mol. The van der Waals surface area contributed by atoms with Crippen LogP contribution in [0.25, 0.3) is 33.1 Å². The average Bonchev–Trinajstić information content (AvgIpc) is 3.33. The molecule has 37 heavy (non-hydrogen) atoms. The third-order valence-electron chi connectivity index (χ3n) is 6.79. The Balaban J connectivity index is 0.00000186. The zero-order valence-corrected chi connectivity index (χ0v) is 22.8. The van der Waals surface area contributed by atoms with Crippen molar-refractivity contribution >= 4 is 27.7 Å². The van der Waals surface area contributed by atoms with Crippen LogP contribution in [-0.4, -0.2) is 29.0 Å². The Hall–Kier alpha value is -3.25. The van der Waals surface area contributed by atoms with E-state index in [4.69, 9.17) is 10.7 Å². The Morgan fingerprint density at radius 1 is 1.14 bits per heavy atom. The summed E-state index contributed by atoms with van der Waals surface area (Å²) < 4.78 is 14.1. The number of aromatic amines is 1. The van der Waals surface area contributed by atoms with E-state index in [1.807, 2.05) is 45.2 Å². The molecule has 0 saturated carbocycles. The van der Waals surface area contributed by atoms with Crippen molar-refractivity contribution < 1.29 is 9.18 Å². The molecule has 0 spiro atoms. The van der Waals surface area contributed by atoms with Crippen molar-refractivity contribution in [2.75, 3.05) is 13.1 Å². The molecule has 2 heterocycles. The van der Waals surface area contributed by atoms with E-state index in [0.29, 0.717) is 47.1 Å². The number of nitrogens with one attached hydrogen (secondary N) is 2. The number of aromatic nitrogens is 2. The molecule has 0 aliphatic carbocycles. The number of H-pyrrole nitrogens is 1. The zero-order valence-electron chi connectivity index (χ0n) is 22.8. The molecule has 0 bridgehead atoms. The van der Waals surface area contributed by atoms with Crippen LogP contribution in [0.15, 0.2) is 48.7 Å². The molecule has 2 aromatic heterocycles. The standard InChI is InChI=1S/C29H35FN4O.C2H6/c1-4-5-6-20(11-19(3)15-31)16-33-29(35)24-14-28(34-27-13-21(30)8-9-22(24)27)25-17-32-26-10-7-18(2)12-23(25)26;1-2/h7-10,12-14,17,19-20,32H,4-6,11,15-16,31H2,1-3H3,(H,33,35);1-2H3. The lowest BCUT2D eigenvalue weighted by Crippen LogP contribution is -2.31. The molecular formula is C31H41FN4O. The van der Waals surface area contributed by atoms with Crippen LogP contribution in [0.1, 0.15) is 69.3 Å². The summed E-state index contributed by atoms with van der Waals surface area (Å²) in [6, 6.07) is 12.4. The van der Waals surface area contributed by atoms with Crippen molar-refractivity contribution in [3.63, 3.8) is 0 Å². The van der Waals surface area contributed by atoms with Crippen molar-refractivity contribution in [1.29, 1.82) is 0 Å². The number of benzene rings is 2. The molecule has 2 unspecified atom stereocenters. The Kier molecular flexibility index (Phi) is 10.2. The fourth-order valence-electron chi connectivity index (χ4n) is 4.77. The Morgan fingerprint density at radius 3 is 2.65 bits per heavy atom. The fourth-order valence-corrected chi connectivity index (χ4v) is 4.77. The molecule has 0 aliphatic heterocycles. The first kappa shape index (κ1) is 28.3. The number of hydrogen-bond acceptors (Lipinski definition) is 3. The molecule has 4 N–H and O–H groups in total. The van der Waals surface area contributed by atoms with E-state index in [1.165, 1.54) is 12.1 Å². The molecular weight excluding hydrogens is 463 g/mol. The van der Waals surface area contributed by atoms with Crippen LogP contribution in [0.3, 0.4) is 0 Å². The number of amides is 1. The number of carbonyl (C=O) groups is 1. The minimum atomic E-state index is -0.376. The molecule has 0 radical (unpaired) electrons. The van der Waals surface area contributed by atoms with Crippen molar-refractivity contribution in [2.24, 2.45) is 17.6 Å². The van der Waals surface area contributed by atoms with E-state index in [2.05, 4.69) is 30.2 Å².